The number of aliphatic carboxylic acids is 2. The zero-order valence-electron chi connectivity index (χ0n) is 10.7. The van der Waals surface area contributed by atoms with Crippen LogP contribution in [0, 0.1) is 6.92 Å². The Morgan fingerprint density at radius 3 is 2.40 bits per heavy atom. The van der Waals surface area contributed by atoms with Crippen molar-refractivity contribution < 1.29 is 24.6 Å². The largest absolute Gasteiger partial charge is 0.481 e. The smallest absolute Gasteiger partial charge is 0.326 e. The third-order valence-electron chi connectivity index (χ3n) is 2.55. The lowest BCUT2D eigenvalue weighted by Gasteiger charge is -2.14. The number of hydrogen-bond donors (Lipinski definition) is 3. The van der Waals surface area contributed by atoms with Crippen molar-refractivity contribution in [2.45, 2.75) is 25.8 Å². The molecule has 0 saturated carbocycles. The monoisotopic (exact) mass is 299 g/mol. The van der Waals surface area contributed by atoms with E-state index >= 15 is 0 Å². The van der Waals surface area contributed by atoms with E-state index in [0.29, 0.717) is 5.02 Å². The third-order valence-corrected chi connectivity index (χ3v) is 2.77. The van der Waals surface area contributed by atoms with Gasteiger partial charge < -0.3 is 15.5 Å². The SMILES string of the molecule is Cc1cc(Cl)cc(C(=O)N[C@@H](CCC(=O)O)C(=O)O)c1. The van der Waals surface area contributed by atoms with Crippen LogP contribution in [0.25, 0.3) is 0 Å². The highest BCUT2D eigenvalue weighted by atomic mass is 35.5. The molecule has 0 unspecified atom stereocenters. The summed E-state index contributed by atoms with van der Waals surface area (Å²) < 4.78 is 0. The van der Waals surface area contributed by atoms with E-state index in [-0.39, 0.29) is 18.4 Å². The number of benzene rings is 1. The van der Waals surface area contributed by atoms with Gasteiger partial charge >= 0.3 is 11.9 Å². The van der Waals surface area contributed by atoms with Crippen molar-refractivity contribution in [1.29, 1.82) is 0 Å². The average molecular weight is 300 g/mol. The molecule has 1 aromatic carbocycles. The van der Waals surface area contributed by atoms with Gasteiger partial charge in [-0.15, -0.1) is 0 Å². The highest BCUT2D eigenvalue weighted by Crippen LogP contribution is 2.14. The lowest BCUT2D eigenvalue weighted by Crippen LogP contribution is -2.41. The summed E-state index contributed by atoms with van der Waals surface area (Å²) in [6.07, 6.45) is -0.526. The van der Waals surface area contributed by atoms with Gasteiger partial charge in [0, 0.05) is 17.0 Å². The molecule has 0 aromatic heterocycles. The van der Waals surface area contributed by atoms with Crippen molar-refractivity contribution in [3.63, 3.8) is 0 Å². The zero-order valence-corrected chi connectivity index (χ0v) is 11.5. The molecule has 6 nitrogen and oxygen atoms in total. The zero-order chi connectivity index (χ0) is 15.3. The highest BCUT2D eigenvalue weighted by molar-refractivity contribution is 6.31. The Balaban J connectivity index is 2.79. The van der Waals surface area contributed by atoms with Gasteiger partial charge in [-0.05, 0) is 37.1 Å². The molecule has 0 spiro atoms. The summed E-state index contributed by atoms with van der Waals surface area (Å²) >= 11 is 5.82. The summed E-state index contributed by atoms with van der Waals surface area (Å²) in [6, 6.07) is 3.40. The van der Waals surface area contributed by atoms with Gasteiger partial charge in [-0.1, -0.05) is 11.6 Å². The average Bonchev–Trinajstić information content (AvgIpc) is 2.32. The summed E-state index contributed by atoms with van der Waals surface area (Å²) in [5.41, 5.74) is 0.997. The summed E-state index contributed by atoms with van der Waals surface area (Å²) in [7, 11) is 0. The number of nitrogens with one attached hydrogen (secondary N) is 1. The molecule has 0 bridgehead atoms. The van der Waals surface area contributed by atoms with Crippen LogP contribution in [0.15, 0.2) is 18.2 Å². The van der Waals surface area contributed by atoms with Crippen LogP contribution in [0.4, 0.5) is 0 Å². The lowest BCUT2D eigenvalue weighted by molar-refractivity contribution is -0.140. The molecule has 1 atom stereocenters. The van der Waals surface area contributed by atoms with Crippen molar-refractivity contribution in [2.24, 2.45) is 0 Å². The second-order valence-electron chi connectivity index (χ2n) is 4.31. The van der Waals surface area contributed by atoms with Crippen LogP contribution < -0.4 is 5.32 Å². The van der Waals surface area contributed by atoms with Gasteiger partial charge in [0.2, 0.25) is 0 Å². The van der Waals surface area contributed by atoms with Crippen molar-refractivity contribution in [1.82, 2.24) is 5.32 Å². The molecule has 1 amide bonds. The van der Waals surface area contributed by atoms with Gasteiger partial charge in [0.15, 0.2) is 0 Å². The maximum Gasteiger partial charge on any atom is 0.326 e. The second kappa shape index (κ2) is 6.91. The Labute approximate surface area is 120 Å². The van der Waals surface area contributed by atoms with Crippen LogP contribution in [-0.4, -0.2) is 34.1 Å². The van der Waals surface area contributed by atoms with E-state index in [2.05, 4.69) is 5.32 Å². The minimum Gasteiger partial charge on any atom is -0.481 e. The number of carbonyl (C=O) groups is 3. The third kappa shape index (κ3) is 4.89. The van der Waals surface area contributed by atoms with E-state index in [1.165, 1.54) is 6.07 Å². The molecule has 3 N–H and O–H groups in total. The molecule has 0 aliphatic rings. The fourth-order valence-electron chi connectivity index (χ4n) is 1.63. The molecule has 20 heavy (non-hydrogen) atoms. The first-order chi connectivity index (χ1) is 9.29. The number of carboxylic acid groups (broad SMARTS) is 2. The number of amides is 1. The Kier molecular flexibility index (Phi) is 5.52. The molecule has 108 valence electrons. The van der Waals surface area contributed by atoms with Crippen molar-refractivity contribution in [2.75, 3.05) is 0 Å². The second-order valence-corrected chi connectivity index (χ2v) is 4.75. The fraction of sp³-hybridized carbons (Fsp3) is 0.308. The van der Waals surface area contributed by atoms with Gasteiger partial charge in [0.05, 0.1) is 0 Å². The minimum absolute atomic E-state index is 0.185. The normalized spacial score (nSPS) is 11.7. The van der Waals surface area contributed by atoms with Crippen molar-refractivity contribution >= 4 is 29.4 Å². The summed E-state index contributed by atoms with van der Waals surface area (Å²) in [5, 5.41) is 20.2. The molecule has 0 aliphatic carbocycles. The van der Waals surface area contributed by atoms with Crippen LogP contribution in [-0.2, 0) is 9.59 Å². The number of aryl methyl sites for hydroxylation is 1. The molecule has 0 fully saturated rings. The lowest BCUT2D eigenvalue weighted by atomic mass is 10.1. The first-order valence-electron chi connectivity index (χ1n) is 5.82. The number of carbonyl (C=O) groups excluding carboxylic acids is 1. The summed E-state index contributed by atoms with van der Waals surface area (Å²) in [4.78, 5) is 33.4. The van der Waals surface area contributed by atoms with Crippen LogP contribution >= 0.6 is 11.6 Å². The van der Waals surface area contributed by atoms with Gasteiger partial charge in [-0.25, -0.2) is 4.79 Å². The van der Waals surface area contributed by atoms with Crippen molar-refractivity contribution in [3.05, 3.63) is 34.3 Å². The van der Waals surface area contributed by atoms with Crippen molar-refractivity contribution in [3.8, 4) is 0 Å². The molecule has 1 aromatic rings. The van der Waals surface area contributed by atoms with E-state index < -0.39 is 23.9 Å². The van der Waals surface area contributed by atoms with E-state index in [1.807, 2.05) is 0 Å². The number of rotatable bonds is 6. The Morgan fingerprint density at radius 2 is 1.90 bits per heavy atom. The minimum atomic E-state index is -1.28. The quantitative estimate of drug-likeness (QED) is 0.741. The predicted molar refractivity (Wildman–Crippen MR) is 71.9 cm³/mol. The molecule has 0 saturated heterocycles. The Bertz CT molecular complexity index is 523. The molecule has 0 heterocycles. The van der Waals surface area contributed by atoms with Gasteiger partial charge in [-0.3, -0.25) is 9.59 Å². The Morgan fingerprint density at radius 1 is 1.25 bits per heavy atom. The highest BCUT2D eigenvalue weighted by Gasteiger charge is 2.21. The maximum atomic E-state index is 11.9. The molecular weight excluding hydrogens is 286 g/mol. The standard InChI is InChI=1S/C13H14ClNO5/c1-7-4-8(6-9(14)5-7)12(18)15-10(13(19)20)2-3-11(16)17/h4-6,10H,2-3H2,1H3,(H,15,18)(H,16,17)(H,19,20)/t10-/m0/s1. The van der Waals surface area contributed by atoms with Gasteiger partial charge in [0.25, 0.3) is 5.91 Å². The molecule has 7 heteroatoms. The summed E-state index contributed by atoms with van der Waals surface area (Å²) in [6.45, 7) is 1.75. The topological polar surface area (TPSA) is 104 Å². The maximum absolute atomic E-state index is 11.9. The first-order valence-corrected chi connectivity index (χ1v) is 6.20. The molecule has 1 rings (SSSR count). The first kappa shape index (κ1) is 16.0. The fourth-order valence-corrected chi connectivity index (χ4v) is 1.92. The van der Waals surface area contributed by atoms with Gasteiger partial charge in [-0.2, -0.15) is 0 Å². The van der Waals surface area contributed by atoms with E-state index in [9.17, 15) is 14.4 Å². The van der Waals surface area contributed by atoms with Crippen LogP contribution in [0.3, 0.4) is 0 Å². The van der Waals surface area contributed by atoms with Crippen LogP contribution in [0.2, 0.25) is 5.02 Å². The van der Waals surface area contributed by atoms with E-state index in [0.717, 1.165) is 5.56 Å². The number of hydrogen-bond acceptors (Lipinski definition) is 3. The van der Waals surface area contributed by atoms with Crippen LogP contribution in [0.5, 0.6) is 0 Å². The number of carboxylic acids is 2. The predicted octanol–water partition coefficient (Wildman–Crippen LogP) is 1.70. The molecular formula is C13H14ClNO5. The van der Waals surface area contributed by atoms with E-state index in [4.69, 9.17) is 21.8 Å². The van der Waals surface area contributed by atoms with Gasteiger partial charge in [0.1, 0.15) is 6.04 Å². The van der Waals surface area contributed by atoms with E-state index in [1.54, 1.807) is 19.1 Å². The van der Waals surface area contributed by atoms with Crippen LogP contribution in [0.1, 0.15) is 28.8 Å². The number of halogens is 1. The molecule has 0 radical (unpaired) electrons. The summed E-state index contributed by atoms with van der Waals surface area (Å²) in [5.74, 6) is -3.00. The molecule has 0 aliphatic heterocycles. The Hall–Kier alpha value is -2.08.